The van der Waals surface area contributed by atoms with E-state index < -0.39 is 9.39 Å². The van der Waals surface area contributed by atoms with Gasteiger partial charge < -0.3 is 14.6 Å². The van der Waals surface area contributed by atoms with Crippen LogP contribution in [0.5, 0.6) is 0 Å². The third kappa shape index (κ3) is 5.62. The summed E-state index contributed by atoms with van der Waals surface area (Å²) < 4.78 is 8.66. The van der Waals surface area contributed by atoms with Crippen molar-refractivity contribution in [2.45, 2.75) is 73.8 Å². The summed E-state index contributed by atoms with van der Waals surface area (Å²) in [7, 11) is 0. The molecule has 27 heavy (non-hydrogen) atoms. The average Bonchev–Trinajstić information content (AvgIpc) is 2.99. The van der Waals surface area contributed by atoms with E-state index in [-0.39, 0.29) is 23.9 Å². The van der Waals surface area contributed by atoms with Gasteiger partial charge in [0.05, 0.1) is 6.04 Å². The third-order valence-corrected chi connectivity index (χ3v) is 5.38. The SMILES string of the molecule is CC(C)(C)OC(=O)NC1CN(C2CCC(c3noc(C(Cl)(Cl)Cl)n3)CC2)C1. The van der Waals surface area contributed by atoms with Gasteiger partial charge in [-0.05, 0) is 46.5 Å². The van der Waals surface area contributed by atoms with Crippen LogP contribution in [0.15, 0.2) is 4.52 Å². The summed E-state index contributed by atoms with van der Waals surface area (Å²) in [5, 5.41) is 6.89. The van der Waals surface area contributed by atoms with Crippen LogP contribution >= 0.6 is 34.8 Å². The summed E-state index contributed by atoms with van der Waals surface area (Å²) in [4.78, 5) is 18.5. The summed E-state index contributed by atoms with van der Waals surface area (Å²) in [5.41, 5.74) is -0.475. The van der Waals surface area contributed by atoms with Gasteiger partial charge in [-0.15, -0.1) is 0 Å². The molecule has 1 saturated carbocycles. The van der Waals surface area contributed by atoms with Gasteiger partial charge in [-0.3, -0.25) is 4.90 Å². The number of rotatable bonds is 3. The molecule has 0 spiro atoms. The molecule has 1 saturated heterocycles. The maximum absolute atomic E-state index is 11.8. The number of hydrogen-bond acceptors (Lipinski definition) is 6. The van der Waals surface area contributed by atoms with Crippen LogP contribution in [0.25, 0.3) is 0 Å². The van der Waals surface area contributed by atoms with Crippen molar-refractivity contribution in [3.05, 3.63) is 11.7 Å². The molecule has 0 atom stereocenters. The number of likely N-dealkylation sites (tertiary alicyclic amines) is 1. The highest BCUT2D eigenvalue weighted by molar-refractivity contribution is 6.66. The largest absolute Gasteiger partial charge is 0.444 e. The summed E-state index contributed by atoms with van der Waals surface area (Å²) in [5.74, 6) is 0.856. The molecule has 10 heteroatoms. The fraction of sp³-hybridized carbons (Fsp3) is 0.824. The van der Waals surface area contributed by atoms with Gasteiger partial charge in [-0.1, -0.05) is 40.0 Å². The third-order valence-electron chi connectivity index (χ3n) is 4.89. The van der Waals surface area contributed by atoms with Crippen molar-refractivity contribution < 1.29 is 14.1 Å². The number of hydrogen-bond donors (Lipinski definition) is 1. The highest BCUT2D eigenvalue weighted by Crippen LogP contribution is 2.39. The Hall–Kier alpha value is -0.760. The quantitative estimate of drug-likeness (QED) is 0.713. The predicted octanol–water partition coefficient (Wildman–Crippen LogP) is 4.13. The van der Waals surface area contributed by atoms with Crippen LogP contribution in [0.3, 0.4) is 0 Å². The Kier molecular flexibility index (Phi) is 6.16. The molecular formula is C17H25Cl3N4O3. The van der Waals surface area contributed by atoms with Crippen molar-refractivity contribution >= 4 is 40.9 Å². The Morgan fingerprint density at radius 2 is 1.81 bits per heavy atom. The molecule has 2 fully saturated rings. The lowest BCUT2D eigenvalue weighted by Crippen LogP contribution is -2.62. The second-order valence-electron chi connectivity index (χ2n) is 8.26. The van der Waals surface area contributed by atoms with Crippen LogP contribution in [-0.2, 0) is 8.53 Å². The number of nitrogens with zero attached hydrogens (tertiary/aromatic N) is 3. The van der Waals surface area contributed by atoms with Crippen molar-refractivity contribution in [3.8, 4) is 0 Å². The number of amides is 1. The van der Waals surface area contributed by atoms with Crippen LogP contribution < -0.4 is 5.32 Å². The normalized spacial score (nSPS) is 25.1. The minimum atomic E-state index is -1.68. The van der Waals surface area contributed by atoms with Crippen LogP contribution in [0.4, 0.5) is 4.79 Å². The first-order valence-corrected chi connectivity index (χ1v) is 10.3. The fourth-order valence-electron chi connectivity index (χ4n) is 3.59. The van der Waals surface area contributed by atoms with E-state index >= 15 is 0 Å². The Balaban J connectivity index is 1.41. The van der Waals surface area contributed by atoms with Crippen molar-refractivity contribution in [2.24, 2.45) is 0 Å². The van der Waals surface area contributed by atoms with Gasteiger partial charge in [0.2, 0.25) is 0 Å². The van der Waals surface area contributed by atoms with Crippen molar-refractivity contribution in [2.75, 3.05) is 13.1 Å². The number of aromatic nitrogens is 2. The molecule has 1 aliphatic heterocycles. The zero-order chi connectivity index (χ0) is 19.8. The Morgan fingerprint density at radius 3 is 2.33 bits per heavy atom. The first-order chi connectivity index (χ1) is 12.5. The summed E-state index contributed by atoms with van der Waals surface area (Å²) >= 11 is 17.3. The van der Waals surface area contributed by atoms with E-state index in [1.165, 1.54) is 0 Å². The molecule has 1 N–H and O–H groups in total. The highest BCUT2D eigenvalue weighted by Gasteiger charge is 2.38. The Morgan fingerprint density at radius 1 is 1.19 bits per heavy atom. The van der Waals surface area contributed by atoms with Gasteiger partial charge in [-0.25, -0.2) is 4.79 Å². The van der Waals surface area contributed by atoms with E-state index in [1.807, 2.05) is 20.8 Å². The first kappa shape index (κ1) is 21.0. The highest BCUT2D eigenvalue weighted by atomic mass is 35.6. The van der Waals surface area contributed by atoms with Crippen molar-refractivity contribution in [3.63, 3.8) is 0 Å². The minimum Gasteiger partial charge on any atom is -0.444 e. The summed E-state index contributed by atoms with van der Waals surface area (Å²) in [6.07, 6.45) is 3.66. The topological polar surface area (TPSA) is 80.5 Å². The van der Waals surface area contributed by atoms with Gasteiger partial charge in [0.1, 0.15) is 5.60 Å². The van der Waals surface area contributed by atoms with Crippen molar-refractivity contribution in [1.82, 2.24) is 20.4 Å². The van der Waals surface area contributed by atoms with Crippen molar-refractivity contribution in [1.29, 1.82) is 0 Å². The lowest BCUT2D eigenvalue weighted by atomic mass is 9.83. The lowest BCUT2D eigenvalue weighted by molar-refractivity contribution is 0.0254. The fourth-order valence-corrected chi connectivity index (χ4v) is 3.82. The Labute approximate surface area is 174 Å². The maximum atomic E-state index is 11.8. The van der Waals surface area contributed by atoms with Crippen LogP contribution in [-0.4, -0.2) is 51.9 Å². The van der Waals surface area contributed by atoms with E-state index in [4.69, 9.17) is 44.1 Å². The van der Waals surface area contributed by atoms with E-state index in [0.717, 1.165) is 38.8 Å². The standard InChI is InChI=1S/C17H25Cl3N4O3/c1-16(2,3)26-15(25)21-11-8-24(9-11)12-6-4-10(5-7-12)13-22-14(27-23-13)17(18,19)20/h10-12H,4-9H2,1-3H3,(H,21,25). The number of nitrogens with one attached hydrogen (secondary N) is 1. The molecule has 0 unspecified atom stereocenters. The molecule has 1 aliphatic carbocycles. The average molecular weight is 440 g/mol. The molecule has 2 heterocycles. The zero-order valence-corrected chi connectivity index (χ0v) is 17.9. The summed E-state index contributed by atoms with van der Waals surface area (Å²) in [6, 6.07) is 0.666. The smallest absolute Gasteiger partial charge is 0.407 e. The zero-order valence-electron chi connectivity index (χ0n) is 15.7. The monoisotopic (exact) mass is 438 g/mol. The predicted molar refractivity (Wildman–Crippen MR) is 103 cm³/mol. The van der Waals surface area contributed by atoms with E-state index in [0.29, 0.717) is 11.9 Å². The molecule has 1 aromatic heterocycles. The Bertz CT molecular complexity index is 657. The molecule has 2 aliphatic rings. The molecular weight excluding hydrogens is 415 g/mol. The molecule has 3 rings (SSSR count). The molecule has 1 aromatic rings. The van der Waals surface area contributed by atoms with Gasteiger partial charge in [0, 0.05) is 25.0 Å². The number of alkyl halides is 3. The van der Waals surface area contributed by atoms with E-state index in [2.05, 4.69) is 20.4 Å². The maximum Gasteiger partial charge on any atom is 0.407 e. The molecule has 0 aromatic carbocycles. The van der Waals surface area contributed by atoms with Crippen LogP contribution in [0.2, 0.25) is 0 Å². The van der Waals surface area contributed by atoms with Crippen LogP contribution in [0.1, 0.15) is 64.1 Å². The van der Waals surface area contributed by atoms with Crippen LogP contribution in [0, 0.1) is 0 Å². The minimum absolute atomic E-state index is 0.0171. The number of ether oxygens (including phenoxy) is 1. The number of halogens is 3. The first-order valence-electron chi connectivity index (χ1n) is 9.15. The van der Waals surface area contributed by atoms with Gasteiger partial charge >= 0.3 is 6.09 Å². The number of alkyl carbamates (subject to hydrolysis) is 1. The van der Waals surface area contributed by atoms with Gasteiger partial charge in [-0.2, -0.15) is 4.98 Å². The molecule has 1 amide bonds. The number of carbonyl (C=O) groups excluding carboxylic acids is 1. The second kappa shape index (κ2) is 7.93. The molecule has 0 bridgehead atoms. The molecule has 152 valence electrons. The van der Waals surface area contributed by atoms with Gasteiger partial charge in [0.25, 0.3) is 9.68 Å². The van der Waals surface area contributed by atoms with E-state index in [9.17, 15) is 4.79 Å². The number of carbonyl (C=O) groups is 1. The van der Waals surface area contributed by atoms with E-state index in [1.54, 1.807) is 0 Å². The summed E-state index contributed by atoms with van der Waals surface area (Å²) in [6.45, 7) is 7.29. The lowest BCUT2D eigenvalue weighted by Gasteiger charge is -2.46. The second-order valence-corrected chi connectivity index (χ2v) is 10.5. The molecule has 7 nitrogen and oxygen atoms in total. The molecule has 0 radical (unpaired) electrons. The van der Waals surface area contributed by atoms with Gasteiger partial charge in [0.15, 0.2) is 5.82 Å².